The average molecular weight is 336 g/mol. The van der Waals surface area contributed by atoms with Crippen LogP contribution in [0.1, 0.15) is 36.7 Å². The topological polar surface area (TPSA) is 24.9 Å². The third kappa shape index (κ3) is 5.29. The molecule has 23 heavy (non-hydrogen) atoms. The molecule has 1 atom stereocenters. The van der Waals surface area contributed by atoms with Crippen LogP contribution in [0.25, 0.3) is 0 Å². The number of rotatable bonds is 7. The molecule has 0 bridgehead atoms. The molecule has 0 aliphatic heterocycles. The highest BCUT2D eigenvalue weighted by Crippen LogP contribution is 2.26. The molecule has 0 fully saturated rings. The van der Waals surface area contributed by atoms with Crippen molar-refractivity contribution in [2.24, 2.45) is 5.92 Å². The predicted octanol–water partition coefficient (Wildman–Crippen LogP) is 5.19. The smallest absolute Gasteiger partial charge is 0.288 e. The minimum absolute atomic E-state index is 0.159. The van der Waals surface area contributed by atoms with Crippen molar-refractivity contribution in [1.29, 1.82) is 0 Å². The molecule has 2 rings (SSSR count). The highest BCUT2D eigenvalue weighted by molar-refractivity contribution is 7.99. The van der Waals surface area contributed by atoms with Crippen molar-refractivity contribution in [3.05, 3.63) is 59.4 Å². The van der Waals surface area contributed by atoms with Crippen LogP contribution in [0.2, 0.25) is 0 Å². The van der Waals surface area contributed by atoms with Gasteiger partial charge in [0.2, 0.25) is 0 Å². The lowest BCUT2D eigenvalue weighted by atomic mass is 9.97. The van der Waals surface area contributed by atoms with E-state index in [1.54, 1.807) is 12.1 Å². The molecule has 2 nitrogen and oxygen atoms in total. The minimum Gasteiger partial charge on any atom is -0.304 e. The number of aryl methyl sites for hydroxylation is 1. The molecule has 1 heterocycles. The first-order valence-electron chi connectivity index (χ1n) is 7.66. The van der Waals surface area contributed by atoms with Gasteiger partial charge in [-0.15, -0.1) is 0 Å². The van der Waals surface area contributed by atoms with E-state index in [4.69, 9.17) is 0 Å². The van der Waals surface area contributed by atoms with Gasteiger partial charge in [0.15, 0.2) is 0 Å². The Bertz CT molecular complexity index is 615. The molecule has 0 amide bonds. The molecule has 0 spiro atoms. The van der Waals surface area contributed by atoms with Crippen molar-refractivity contribution >= 4 is 11.8 Å². The van der Waals surface area contributed by atoms with Crippen molar-refractivity contribution in [2.45, 2.75) is 44.0 Å². The summed E-state index contributed by atoms with van der Waals surface area (Å²) in [5, 5.41) is 3.54. The van der Waals surface area contributed by atoms with Crippen molar-refractivity contribution in [1.82, 2.24) is 10.3 Å². The van der Waals surface area contributed by atoms with Gasteiger partial charge >= 0.3 is 0 Å². The predicted molar refractivity (Wildman–Crippen MR) is 91.7 cm³/mol. The van der Waals surface area contributed by atoms with Gasteiger partial charge in [-0.1, -0.05) is 43.8 Å². The number of pyridine rings is 1. The maximum Gasteiger partial charge on any atom is 0.288 e. The molecule has 0 saturated carbocycles. The number of nitrogens with one attached hydrogen (secondary N) is 1. The normalized spacial score (nSPS) is 12.8. The lowest BCUT2D eigenvalue weighted by Crippen LogP contribution is -2.27. The Kier molecular flexibility index (Phi) is 6.54. The summed E-state index contributed by atoms with van der Waals surface area (Å²) in [6.07, 6.45) is 1.82. The molecule has 1 N–H and O–H groups in total. The van der Waals surface area contributed by atoms with E-state index < -0.39 is 5.76 Å². The van der Waals surface area contributed by atoms with Gasteiger partial charge in [0.05, 0.1) is 11.7 Å². The number of alkyl halides is 2. The molecule has 1 unspecified atom stereocenters. The zero-order valence-corrected chi connectivity index (χ0v) is 14.4. The molecule has 2 aromatic rings. The van der Waals surface area contributed by atoms with Gasteiger partial charge in [-0.05, 0) is 42.2 Å². The highest BCUT2D eigenvalue weighted by Gasteiger charge is 2.18. The summed E-state index contributed by atoms with van der Waals surface area (Å²) >= 11 is 0.571. The molecular weight excluding hydrogens is 314 g/mol. The number of hydrogen-bond donors (Lipinski definition) is 1. The van der Waals surface area contributed by atoms with Crippen LogP contribution in [0.3, 0.4) is 0 Å². The van der Waals surface area contributed by atoms with Gasteiger partial charge in [0.25, 0.3) is 5.76 Å². The van der Waals surface area contributed by atoms with Crippen LogP contribution in [-0.2, 0) is 6.54 Å². The summed E-state index contributed by atoms with van der Waals surface area (Å²) in [6.45, 7) is 7.07. The van der Waals surface area contributed by atoms with Crippen molar-refractivity contribution in [3.63, 3.8) is 0 Å². The Hall–Kier alpha value is -1.46. The number of hydrogen-bond acceptors (Lipinski definition) is 3. The fourth-order valence-electron chi connectivity index (χ4n) is 2.49. The summed E-state index contributed by atoms with van der Waals surface area (Å²) in [4.78, 5) is 5.10. The van der Waals surface area contributed by atoms with Crippen LogP contribution >= 0.6 is 11.8 Å². The fourth-order valence-corrected chi connectivity index (χ4v) is 2.99. The van der Waals surface area contributed by atoms with E-state index in [-0.39, 0.29) is 6.04 Å². The second kappa shape index (κ2) is 8.41. The Balaban J connectivity index is 2.03. The minimum atomic E-state index is -2.38. The van der Waals surface area contributed by atoms with Gasteiger partial charge in [0.1, 0.15) is 0 Å². The van der Waals surface area contributed by atoms with Gasteiger partial charge in [-0.2, -0.15) is 8.78 Å². The highest BCUT2D eigenvalue weighted by atomic mass is 32.2. The third-order valence-electron chi connectivity index (χ3n) is 3.69. The van der Waals surface area contributed by atoms with E-state index in [9.17, 15) is 8.78 Å². The Labute approximate surface area is 140 Å². The summed E-state index contributed by atoms with van der Waals surface area (Å²) in [5.41, 5.74) is 3.30. The molecule has 0 aliphatic rings. The average Bonchev–Trinajstić information content (AvgIpc) is 2.50. The fraction of sp³-hybridized carbons (Fsp3) is 0.389. The number of aromatic nitrogens is 1. The van der Waals surface area contributed by atoms with E-state index in [2.05, 4.69) is 37.1 Å². The monoisotopic (exact) mass is 336 g/mol. The van der Waals surface area contributed by atoms with Gasteiger partial charge in [-0.25, -0.2) is 0 Å². The summed E-state index contributed by atoms with van der Waals surface area (Å²) in [7, 11) is 0. The van der Waals surface area contributed by atoms with Crippen LogP contribution in [0.15, 0.2) is 47.5 Å². The quantitative estimate of drug-likeness (QED) is 0.704. The number of halogens is 2. The largest absolute Gasteiger partial charge is 0.304 e. The molecule has 0 saturated heterocycles. The lowest BCUT2D eigenvalue weighted by molar-refractivity contribution is 0.252. The molecule has 124 valence electrons. The maximum absolute atomic E-state index is 12.3. The molecule has 1 aromatic carbocycles. The summed E-state index contributed by atoms with van der Waals surface area (Å²) in [6, 6.07) is 11.4. The summed E-state index contributed by atoms with van der Waals surface area (Å²) in [5.74, 6) is -1.98. The van der Waals surface area contributed by atoms with Crippen LogP contribution in [0.4, 0.5) is 8.78 Å². The van der Waals surface area contributed by atoms with E-state index in [1.807, 2.05) is 24.4 Å². The number of thioether (sulfide) groups is 1. The maximum atomic E-state index is 12.3. The van der Waals surface area contributed by atoms with Gasteiger partial charge in [0, 0.05) is 17.6 Å². The van der Waals surface area contributed by atoms with E-state index in [1.165, 1.54) is 5.56 Å². The number of nitrogens with zero attached hydrogens (tertiary/aromatic N) is 1. The first kappa shape index (κ1) is 17.9. The second-order valence-corrected chi connectivity index (χ2v) is 6.89. The van der Waals surface area contributed by atoms with E-state index in [0.717, 1.165) is 11.3 Å². The Morgan fingerprint density at radius 2 is 1.83 bits per heavy atom. The Morgan fingerprint density at radius 1 is 1.13 bits per heavy atom. The van der Waals surface area contributed by atoms with Crippen LogP contribution in [0.5, 0.6) is 0 Å². The first-order valence-corrected chi connectivity index (χ1v) is 8.54. The molecular formula is C18H22F2N2S. The second-order valence-electron chi connectivity index (χ2n) is 5.83. The van der Waals surface area contributed by atoms with Crippen molar-refractivity contribution in [2.75, 3.05) is 0 Å². The number of benzene rings is 1. The standard InChI is InChI=1S/C18H22F2N2S/c1-12(2)16(17-13(3)5-4-10-21-17)22-11-14-6-8-15(9-7-14)23-18(19)20/h4-10,12,16,18,22H,11H2,1-3H3. The Morgan fingerprint density at radius 3 is 2.39 bits per heavy atom. The van der Waals surface area contributed by atoms with Crippen LogP contribution in [0, 0.1) is 12.8 Å². The molecule has 0 radical (unpaired) electrons. The summed E-state index contributed by atoms with van der Waals surface area (Å²) < 4.78 is 24.7. The van der Waals surface area contributed by atoms with Crippen LogP contribution in [-0.4, -0.2) is 10.7 Å². The zero-order valence-electron chi connectivity index (χ0n) is 13.6. The van der Waals surface area contributed by atoms with Crippen molar-refractivity contribution in [3.8, 4) is 0 Å². The van der Waals surface area contributed by atoms with E-state index in [0.29, 0.717) is 29.1 Å². The van der Waals surface area contributed by atoms with Gasteiger partial charge < -0.3 is 5.32 Å². The first-order chi connectivity index (χ1) is 11.0. The molecule has 1 aromatic heterocycles. The third-order valence-corrected chi connectivity index (χ3v) is 4.41. The van der Waals surface area contributed by atoms with Gasteiger partial charge in [-0.3, -0.25) is 4.98 Å². The SMILES string of the molecule is Cc1cccnc1C(NCc1ccc(SC(F)F)cc1)C(C)C. The van der Waals surface area contributed by atoms with E-state index >= 15 is 0 Å². The zero-order chi connectivity index (χ0) is 16.8. The molecule has 0 aliphatic carbocycles. The van der Waals surface area contributed by atoms with Crippen molar-refractivity contribution < 1.29 is 8.78 Å². The molecule has 5 heteroatoms. The lowest BCUT2D eigenvalue weighted by Gasteiger charge is -2.23. The van der Waals surface area contributed by atoms with Crippen LogP contribution < -0.4 is 5.32 Å².